The second-order valence-electron chi connectivity index (χ2n) is 7.07. The average Bonchev–Trinajstić information content (AvgIpc) is 2.83. The molecule has 2 aliphatic rings. The Morgan fingerprint density at radius 1 is 1.15 bits per heavy atom. The van der Waals surface area contributed by atoms with Crippen molar-refractivity contribution in [2.45, 2.75) is 31.4 Å². The molecule has 0 spiro atoms. The molecule has 1 unspecified atom stereocenters. The molecule has 140 valence electrons. The van der Waals surface area contributed by atoms with Gasteiger partial charge >= 0.3 is 0 Å². The lowest BCUT2D eigenvalue weighted by atomic mass is 10.0. The van der Waals surface area contributed by atoms with E-state index in [2.05, 4.69) is 20.8 Å². The maximum Gasteiger partial charge on any atom is 0.271 e. The number of aliphatic hydroxyl groups is 1. The summed E-state index contributed by atoms with van der Waals surface area (Å²) in [5.41, 5.74) is 0.301. The van der Waals surface area contributed by atoms with Crippen molar-refractivity contribution in [1.29, 1.82) is 0 Å². The Bertz CT molecular complexity index is 913. The van der Waals surface area contributed by atoms with Gasteiger partial charge < -0.3 is 5.11 Å². The van der Waals surface area contributed by atoms with E-state index < -0.39 is 10.6 Å². The van der Waals surface area contributed by atoms with Crippen molar-refractivity contribution in [1.82, 2.24) is 0 Å². The highest BCUT2D eigenvalue weighted by molar-refractivity contribution is 9.10. The van der Waals surface area contributed by atoms with Gasteiger partial charge in [-0.1, -0.05) is 28.1 Å². The Morgan fingerprint density at radius 3 is 2.67 bits per heavy atom. The van der Waals surface area contributed by atoms with Crippen LogP contribution in [0.1, 0.15) is 31.2 Å². The lowest BCUT2D eigenvalue weighted by molar-refractivity contribution is -0.658. The van der Waals surface area contributed by atoms with Crippen molar-refractivity contribution in [3.63, 3.8) is 0 Å². The number of nitro benzene ring substituents is 1. The fourth-order valence-corrected chi connectivity index (χ4v) is 4.31. The minimum atomic E-state index is -1.28. The van der Waals surface area contributed by atoms with E-state index in [4.69, 9.17) is 0 Å². The molecule has 2 aromatic carbocycles. The van der Waals surface area contributed by atoms with Gasteiger partial charge in [-0.05, 0) is 43.5 Å². The summed E-state index contributed by atoms with van der Waals surface area (Å²) in [4.78, 5) is 13.0. The van der Waals surface area contributed by atoms with Crippen molar-refractivity contribution < 1.29 is 14.6 Å². The van der Waals surface area contributed by atoms with Gasteiger partial charge in [0.1, 0.15) is 5.69 Å². The maximum absolute atomic E-state index is 11.7. The molecule has 1 atom stereocenters. The molecular weight excluding hydrogens is 410 g/mol. The first-order valence-corrected chi connectivity index (χ1v) is 9.92. The van der Waals surface area contributed by atoms with Crippen LogP contribution in [0, 0.1) is 10.1 Å². The molecule has 0 fully saturated rings. The third-order valence-corrected chi connectivity index (χ3v) is 5.92. The lowest BCUT2D eigenvalue weighted by Crippen LogP contribution is -2.41. The lowest BCUT2D eigenvalue weighted by Gasteiger charge is -2.23. The molecule has 2 aliphatic heterocycles. The number of benzene rings is 2. The van der Waals surface area contributed by atoms with Crippen LogP contribution >= 0.6 is 15.9 Å². The highest BCUT2D eigenvalue weighted by Crippen LogP contribution is 2.36. The molecule has 4 rings (SSSR count). The van der Waals surface area contributed by atoms with Crippen LogP contribution in [0.15, 0.2) is 53.0 Å². The summed E-state index contributed by atoms with van der Waals surface area (Å²) in [6, 6.07) is 14.4. The summed E-state index contributed by atoms with van der Waals surface area (Å²) in [5.74, 6) is 1.09. The second-order valence-corrected chi connectivity index (χ2v) is 7.98. The number of hydrogen-bond donors (Lipinski definition) is 1. The van der Waals surface area contributed by atoms with E-state index in [1.54, 1.807) is 12.1 Å². The van der Waals surface area contributed by atoms with Crippen LogP contribution in [-0.2, 0) is 5.72 Å². The van der Waals surface area contributed by atoms with E-state index in [1.807, 2.05) is 28.8 Å². The summed E-state index contributed by atoms with van der Waals surface area (Å²) in [7, 11) is 0. The zero-order valence-electron chi connectivity index (χ0n) is 14.8. The molecule has 0 saturated carbocycles. The maximum atomic E-state index is 11.7. The smallest absolute Gasteiger partial charge is 0.271 e. The topological polar surface area (TPSA) is 69.6 Å². The second kappa shape index (κ2) is 7.05. The van der Waals surface area contributed by atoms with Crippen molar-refractivity contribution >= 4 is 33.1 Å². The molecule has 27 heavy (non-hydrogen) atoms. The molecule has 0 aliphatic carbocycles. The third-order valence-electron chi connectivity index (χ3n) is 5.39. The molecule has 1 N–H and O–H groups in total. The van der Waals surface area contributed by atoms with E-state index in [9.17, 15) is 15.2 Å². The minimum absolute atomic E-state index is 0.000566. The van der Waals surface area contributed by atoms with Gasteiger partial charge in [-0.25, -0.2) is 9.48 Å². The quantitative estimate of drug-likeness (QED) is 0.453. The van der Waals surface area contributed by atoms with Crippen LogP contribution in [0.5, 0.6) is 0 Å². The van der Waals surface area contributed by atoms with Crippen LogP contribution in [0.4, 0.5) is 11.4 Å². The Labute approximate surface area is 166 Å². The van der Waals surface area contributed by atoms with Gasteiger partial charge in [0.15, 0.2) is 6.54 Å². The minimum Gasteiger partial charge on any atom is -0.346 e. The summed E-state index contributed by atoms with van der Waals surface area (Å²) in [6.45, 7) is 1.09. The molecule has 7 heteroatoms. The number of rotatable bonds is 3. The van der Waals surface area contributed by atoms with Crippen LogP contribution in [0.3, 0.4) is 0 Å². The number of nitrogens with zero attached hydrogens (tertiary/aromatic N) is 3. The number of amidine groups is 1. The van der Waals surface area contributed by atoms with Crippen LogP contribution < -0.4 is 4.90 Å². The number of halogens is 1. The van der Waals surface area contributed by atoms with E-state index in [1.165, 1.54) is 12.1 Å². The van der Waals surface area contributed by atoms with Gasteiger partial charge in [-0.3, -0.25) is 10.1 Å². The standard InChI is InChI=1S/C20H21BrN3O3/c21-16-8-10-17(11-9-16)22-14-20(25,23-12-3-1-2-7-19(22)23)15-5-4-6-18(13-15)24(26)27/h4-6,8-11,13,25H,1-3,7,12,14H2/q+1. The van der Waals surface area contributed by atoms with E-state index in [0.717, 1.165) is 48.2 Å². The Kier molecular flexibility index (Phi) is 4.74. The number of β-amino-alcohol motifs (C(OH)–C–C–N with tert-alkyl or cyclic N) is 1. The molecule has 6 nitrogen and oxygen atoms in total. The van der Waals surface area contributed by atoms with Gasteiger partial charge in [0.05, 0.1) is 11.5 Å². The van der Waals surface area contributed by atoms with Gasteiger partial charge in [0.25, 0.3) is 17.2 Å². The number of non-ortho nitro benzene ring substituents is 1. The summed E-state index contributed by atoms with van der Waals surface area (Å²) < 4.78 is 3.04. The largest absolute Gasteiger partial charge is 0.346 e. The molecule has 0 bridgehead atoms. The third kappa shape index (κ3) is 3.26. The molecule has 0 saturated heterocycles. The number of nitro groups is 1. The first kappa shape index (κ1) is 18.1. The highest BCUT2D eigenvalue weighted by Gasteiger charge is 2.52. The van der Waals surface area contributed by atoms with E-state index in [-0.39, 0.29) is 5.69 Å². The number of hydrogen-bond acceptors (Lipinski definition) is 4. The molecule has 2 aromatic rings. The van der Waals surface area contributed by atoms with Crippen LogP contribution in [-0.4, -0.2) is 33.5 Å². The van der Waals surface area contributed by atoms with Crippen molar-refractivity contribution in [2.24, 2.45) is 0 Å². The molecule has 0 amide bonds. The zero-order valence-corrected chi connectivity index (χ0v) is 16.4. The van der Waals surface area contributed by atoms with E-state index in [0.29, 0.717) is 12.1 Å². The highest BCUT2D eigenvalue weighted by atomic mass is 79.9. The summed E-state index contributed by atoms with van der Waals surface area (Å²) in [6.07, 6.45) is 4.06. The normalized spacial score (nSPS) is 22.5. The van der Waals surface area contributed by atoms with Crippen molar-refractivity contribution in [3.8, 4) is 0 Å². The monoisotopic (exact) mass is 430 g/mol. The fraction of sp³-hybridized carbons (Fsp3) is 0.350. The van der Waals surface area contributed by atoms with Crippen LogP contribution in [0.25, 0.3) is 0 Å². The van der Waals surface area contributed by atoms with Gasteiger partial charge in [0.2, 0.25) is 0 Å². The predicted molar refractivity (Wildman–Crippen MR) is 107 cm³/mol. The molecule has 0 radical (unpaired) electrons. The van der Waals surface area contributed by atoms with Crippen LogP contribution in [0.2, 0.25) is 0 Å². The molecule has 0 aromatic heterocycles. The summed E-state index contributed by atoms with van der Waals surface area (Å²) >= 11 is 3.47. The SMILES string of the molecule is O=[N+]([O-])c1cccc(C2(O)CN(c3ccc(Br)cc3)C3=[N+]2CCCCC3)c1. The Morgan fingerprint density at radius 2 is 1.93 bits per heavy atom. The van der Waals surface area contributed by atoms with Gasteiger partial charge in [-0.15, -0.1) is 0 Å². The predicted octanol–water partition coefficient (Wildman–Crippen LogP) is 4.01. The number of anilines is 1. The van der Waals surface area contributed by atoms with Crippen molar-refractivity contribution in [2.75, 3.05) is 18.0 Å². The molecular formula is C20H21BrN3O3+. The first-order valence-electron chi connectivity index (χ1n) is 9.13. The van der Waals surface area contributed by atoms with E-state index >= 15 is 0 Å². The average molecular weight is 431 g/mol. The summed E-state index contributed by atoms with van der Waals surface area (Å²) in [5, 5.41) is 22.9. The Hall–Kier alpha value is -2.25. The first-order chi connectivity index (χ1) is 13.0. The zero-order chi connectivity index (χ0) is 19.0. The Balaban J connectivity index is 1.81. The van der Waals surface area contributed by atoms with Crippen molar-refractivity contribution in [3.05, 3.63) is 68.7 Å². The fourth-order valence-electron chi connectivity index (χ4n) is 4.05. The van der Waals surface area contributed by atoms with Gasteiger partial charge in [-0.2, -0.15) is 0 Å². The van der Waals surface area contributed by atoms with Gasteiger partial charge in [0, 0.05) is 28.6 Å². The molecule has 2 heterocycles.